The standard InChI is InChI=1S/C22H27N3O4/c26-21(9-7-19-6-8-20(29-19)18-4-2-1-3-5-18)23-10-12-24(13-11-23)22(27)25-14-16-28-17-15-25/h1-6,8H,7,9-17H2. The molecule has 3 heterocycles. The van der Waals surface area contributed by atoms with Gasteiger partial charge in [0.25, 0.3) is 0 Å². The second kappa shape index (κ2) is 9.13. The number of rotatable bonds is 4. The van der Waals surface area contributed by atoms with Gasteiger partial charge in [-0.15, -0.1) is 0 Å². The minimum atomic E-state index is 0.0597. The fraction of sp³-hybridized carbons (Fsp3) is 0.455. The molecule has 2 aromatic rings. The number of benzene rings is 1. The smallest absolute Gasteiger partial charge is 0.320 e. The predicted octanol–water partition coefficient (Wildman–Crippen LogP) is 2.48. The van der Waals surface area contributed by atoms with Gasteiger partial charge in [0.15, 0.2) is 0 Å². The average Bonchev–Trinajstić information content (AvgIpc) is 3.27. The van der Waals surface area contributed by atoms with Gasteiger partial charge in [-0.2, -0.15) is 0 Å². The molecule has 0 unspecified atom stereocenters. The van der Waals surface area contributed by atoms with E-state index in [2.05, 4.69) is 0 Å². The first-order chi connectivity index (χ1) is 14.2. The van der Waals surface area contributed by atoms with Crippen molar-refractivity contribution in [1.82, 2.24) is 14.7 Å². The van der Waals surface area contributed by atoms with Gasteiger partial charge < -0.3 is 23.9 Å². The summed E-state index contributed by atoms with van der Waals surface area (Å²) in [7, 11) is 0. The first-order valence-corrected chi connectivity index (χ1v) is 10.2. The third-order valence-electron chi connectivity index (χ3n) is 5.49. The van der Waals surface area contributed by atoms with Gasteiger partial charge >= 0.3 is 6.03 Å². The molecule has 154 valence electrons. The molecule has 0 saturated carbocycles. The van der Waals surface area contributed by atoms with Crippen LogP contribution >= 0.6 is 0 Å². The van der Waals surface area contributed by atoms with Crippen LogP contribution in [0.4, 0.5) is 4.79 Å². The minimum absolute atomic E-state index is 0.0597. The van der Waals surface area contributed by atoms with Crippen molar-refractivity contribution in [3.63, 3.8) is 0 Å². The monoisotopic (exact) mass is 397 g/mol. The molecule has 0 aliphatic carbocycles. The molecule has 7 nitrogen and oxygen atoms in total. The molecule has 0 radical (unpaired) electrons. The Kier molecular flexibility index (Phi) is 6.14. The molecular weight excluding hydrogens is 370 g/mol. The summed E-state index contributed by atoms with van der Waals surface area (Å²) in [5.41, 5.74) is 1.03. The summed E-state index contributed by atoms with van der Waals surface area (Å²) in [5, 5.41) is 0. The van der Waals surface area contributed by atoms with Crippen LogP contribution in [0, 0.1) is 0 Å². The van der Waals surface area contributed by atoms with E-state index in [0.29, 0.717) is 65.3 Å². The number of morpholine rings is 1. The normalized spacial score (nSPS) is 17.4. The van der Waals surface area contributed by atoms with Gasteiger partial charge in [-0.3, -0.25) is 4.79 Å². The van der Waals surface area contributed by atoms with E-state index >= 15 is 0 Å². The van der Waals surface area contributed by atoms with E-state index in [1.807, 2.05) is 57.2 Å². The molecule has 7 heteroatoms. The van der Waals surface area contributed by atoms with Crippen LogP contribution in [-0.2, 0) is 16.0 Å². The lowest BCUT2D eigenvalue weighted by Gasteiger charge is -2.38. The van der Waals surface area contributed by atoms with Crippen molar-refractivity contribution in [3.05, 3.63) is 48.2 Å². The van der Waals surface area contributed by atoms with Crippen LogP contribution in [0.1, 0.15) is 12.2 Å². The summed E-state index contributed by atoms with van der Waals surface area (Å²) < 4.78 is 11.2. The average molecular weight is 397 g/mol. The molecule has 4 rings (SSSR count). The highest BCUT2D eigenvalue weighted by Crippen LogP contribution is 2.22. The molecule has 29 heavy (non-hydrogen) atoms. The maximum absolute atomic E-state index is 12.6. The number of hydrogen-bond acceptors (Lipinski definition) is 4. The van der Waals surface area contributed by atoms with Crippen molar-refractivity contribution >= 4 is 11.9 Å². The van der Waals surface area contributed by atoms with Gasteiger partial charge in [0.2, 0.25) is 5.91 Å². The summed E-state index contributed by atoms with van der Waals surface area (Å²) in [6.45, 7) is 4.83. The van der Waals surface area contributed by atoms with Gasteiger partial charge in [0.1, 0.15) is 11.5 Å². The third-order valence-corrected chi connectivity index (χ3v) is 5.49. The lowest BCUT2D eigenvalue weighted by Crippen LogP contribution is -2.55. The maximum Gasteiger partial charge on any atom is 0.320 e. The molecule has 2 fully saturated rings. The van der Waals surface area contributed by atoms with Crippen molar-refractivity contribution in [3.8, 4) is 11.3 Å². The second-order valence-electron chi connectivity index (χ2n) is 7.38. The Morgan fingerprint density at radius 3 is 2.17 bits per heavy atom. The fourth-order valence-corrected chi connectivity index (χ4v) is 3.76. The van der Waals surface area contributed by atoms with Crippen LogP contribution in [0.15, 0.2) is 46.9 Å². The number of furan rings is 1. The Labute approximate surface area is 170 Å². The van der Waals surface area contributed by atoms with Crippen LogP contribution in [0.5, 0.6) is 0 Å². The number of aryl methyl sites for hydroxylation is 1. The van der Waals surface area contributed by atoms with Gasteiger partial charge in [0.05, 0.1) is 13.2 Å². The first-order valence-electron chi connectivity index (χ1n) is 10.2. The molecule has 1 aromatic heterocycles. The molecule has 0 N–H and O–H groups in total. The summed E-state index contributed by atoms with van der Waals surface area (Å²) in [4.78, 5) is 30.6. The fourth-order valence-electron chi connectivity index (χ4n) is 3.76. The van der Waals surface area contributed by atoms with Crippen molar-refractivity contribution in [1.29, 1.82) is 0 Å². The lowest BCUT2D eigenvalue weighted by molar-refractivity contribution is -0.132. The molecule has 0 bridgehead atoms. The highest BCUT2D eigenvalue weighted by molar-refractivity contribution is 5.78. The summed E-state index contributed by atoms with van der Waals surface area (Å²) >= 11 is 0. The molecule has 2 aliphatic rings. The van der Waals surface area contributed by atoms with Gasteiger partial charge in [-0.25, -0.2) is 4.79 Å². The van der Waals surface area contributed by atoms with E-state index < -0.39 is 0 Å². The van der Waals surface area contributed by atoms with Crippen LogP contribution in [-0.4, -0.2) is 79.1 Å². The number of ether oxygens (including phenoxy) is 1. The number of amides is 3. The van der Waals surface area contributed by atoms with E-state index in [0.717, 1.165) is 17.1 Å². The van der Waals surface area contributed by atoms with E-state index in [9.17, 15) is 9.59 Å². The zero-order valence-corrected chi connectivity index (χ0v) is 16.6. The molecular formula is C22H27N3O4. The van der Waals surface area contributed by atoms with Crippen molar-refractivity contribution in [2.75, 3.05) is 52.5 Å². The molecule has 2 saturated heterocycles. The molecule has 3 amide bonds. The Morgan fingerprint density at radius 2 is 1.45 bits per heavy atom. The number of carbonyl (C=O) groups is 2. The molecule has 0 spiro atoms. The summed E-state index contributed by atoms with van der Waals surface area (Å²) in [5.74, 6) is 1.75. The minimum Gasteiger partial charge on any atom is -0.461 e. The maximum atomic E-state index is 12.6. The highest BCUT2D eigenvalue weighted by atomic mass is 16.5. The largest absolute Gasteiger partial charge is 0.461 e. The topological polar surface area (TPSA) is 66.2 Å². The number of nitrogens with zero attached hydrogens (tertiary/aromatic N) is 3. The van der Waals surface area contributed by atoms with E-state index in [-0.39, 0.29) is 11.9 Å². The summed E-state index contributed by atoms with van der Waals surface area (Å²) in [6, 6.07) is 13.9. The number of carbonyl (C=O) groups excluding carboxylic acids is 2. The van der Waals surface area contributed by atoms with Crippen molar-refractivity contribution < 1.29 is 18.7 Å². The SMILES string of the molecule is O=C(CCc1ccc(-c2ccccc2)o1)N1CCN(C(=O)N2CCOCC2)CC1. The molecule has 1 aromatic carbocycles. The Morgan fingerprint density at radius 1 is 0.793 bits per heavy atom. The third kappa shape index (κ3) is 4.79. The Hall–Kier alpha value is -2.80. The molecule has 0 atom stereocenters. The quantitative estimate of drug-likeness (QED) is 0.795. The summed E-state index contributed by atoms with van der Waals surface area (Å²) in [6.07, 6.45) is 0.998. The van der Waals surface area contributed by atoms with Crippen LogP contribution < -0.4 is 0 Å². The predicted molar refractivity (Wildman–Crippen MR) is 108 cm³/mol. The van der Waals surface area contributed by atoms with Crippen LogP contribution in [0.2, 0.25) is 0 Å². The van der Waals surface area contributed by atoms with Crippen LogP contribution in [0.25, 0.3) is 11.3 Å². The second-order valence-corrected chi connectivity index (χ2v) is 7.38. The van der Waals surface area contributed by atoms with E-state index in [1.165, 1.54) is 0 Å². The highest BCUT2D eigenvalue weighted by Gasteiger charge is 2.27. The number of hydrogen-bond donors (Lipinski definition) is 0. The Balaban J connectivity index is 1.23. The first kappa shape index (κ1) is 19.5. The van der Waals surface area contributed by atoms with E-state index in [1.54, 1.807) is 0 Å². The van der Waals surface area contributed by atoms with E-state index in [4.69, 9.17) is 9.15 Å². The van der Waals surface area contributed by atoms with Gasteiger partial charge in [0, 0.05) is 57.7 Å². The van der Waals surface area contributed by atoms with Crippen molar-refractivity contribution in [2.24, 2.45) is 0 Å². The Bertz CT molecular complexity index is 822. The molecule has 2 aliphatic heterocycles. The number of urea groups is 1. The van der Waals surface area contributed by atoms with Gasteiger partial charge in [-0.1, -0.05) is 30.3 Å². The number of piperazine rings is 1. The van der Waals surface area contributed by atoms with Gasteiger partial charge in [-0.05, 0) is 12.1 Å². The van der Waals surface area contributed by atoms with Crippen molar-refractivity contribution in [2.45, 2.75) is 12.8 Å². The van der Waals surface area contributed by atoms with Crippen LogP contribution in [0.3, 0.4) is 0 Å². The lowest BCUT2D eigenvalue weighted by atomic mass is 10.2. The zero-order valence-electron chi connectivity index (χ0n) is 16.6. The zero-order chi connectivity index (χ0) is 20.1.